The van der Waals surface area contributed by atoms with Gasteiger partial charge in [-0.25, -0.2) is 4.79 Å². The zero-order valence-corrected chi connectivity index (χ0v) is 13.0. The number of rotatable bonds is 4. The highest BCUT2D eigenvalue weighted by molar-refractivity contribution is 6.07. The zero-order chi connectivity index (χ0) is 16.0. The van der Waals surface area contributed by atoms with Crippen molar-refractivity contribution >= 4 is 11.9 Å². The Kier molecular flexibility index (Phi) is 3.43. The van der Waals surface area contributed by atoms with Gasteiger partial charge in [0.05, 0.1) is 6.54 Å². The van der Waals surface area contributed by atoms with Gasteiger partial charge >= 0.3 is 6.03 Å². The summed E-state index contributed by atoms with van der Waals surface area (Å²) < 4.78 is 9.89. The van der Waals surface area contributed by atoms with Crippen LogP contribution in [0, 0.1) is 5.41 Å². The van der Waals surface area contributed by atoms with E-state index in [1.807, 2.05) is 13.8 Å². The maximum Gasteiger partial charge on any atom is 0.325 e. The van der Waals surface area contributed by atoms with E-state index in [1.54, 1.807) is 0 Å². The Labute approximate surface area is 128 Å². The maximum absolute atomic E-state index is 12.8. The smallest absolute Gasteiger partial charge is 0.325 e. The van der Waals surface area contributed by atoms with Crippen molar-refractivity contribution in [1.29, 1.82) is 0 Å². The Morgan fingerprint density at radius 3 is 2.77 bits per heavy atom. The van der Waals surface area contributed by atoms with Crippen LogP contribution in [0.4, 0.5) is 4.79 Å². The van der Waals surface area contributed by atoms with Crippen LogP contribution in [0.3, 0.4) is 0 Å². The van der Waals surface area contributed by atoms with Crippen LogP contribution in [0.1, 0.15) is 44.8 Å². The molecule has 120 valence electrons. The van der Waals surface area contributed by atoms with Crippen molar-refractivity contribution in [2.24, 2.45) is 5.41 Å². The van der Waals surface area contributed by atoms with Crippen LogP contribution in [-0.4, -0.2) is 39.6 Å². The molecular formula is C14H20N4O4. The third-order valence-electron chi connectivity index (χ3n) is 4.76. The van der Waals surface area contributed by atoms with Gasteiger partial charge in [-0.15, -0.1) is 0 Å². The van der Waals surface area contributed by atoms with Crippen LogP contribution in [0.25, 0.3) is 0 Å². The molecule has 22 heavy (non-hydrogen) atoms. The van der Waals surface area contributed by atoms with Crippen LogP contribution in [0.15, 0.2) is 4.52 Å². The molecule has 2 aliphatic rings. The minimum atomic E-state index is -0.802. The lowest BCUT2D eigenvalue weighted by Crippen LogP contribution is -2.54. The van der Waals surface area contributed by atoms with Gasteiger partial charge in [-0.3, -0.25) is 9.69 Å². The highest BCUT2D eigenvalue weighted by Crippen LogP contribution is 2.49. The normalized spacial score (nSPS) is 27.0. The van der Waals surface area contributed by atoms with E-state index in [2.05, 4.69) is 15.5 Å². The molecule has 1 saturated heterocycles. The Bertz CT molecular complexity index is 612. The number of imide groups is 1. The van der Waals surface area contributed by atoms with E-state index in [4.69, 9.17) is 9.26 Å². The third-order valence-corrected chi connectivity index (χ3v) is 4.76. The maximum atomic E-state index is 12.8. The number of methoxy groups -OCH3 is 1. The van der Waals surface area contributed by atoms with Gasteiger partial charge in [0.15, 0.2) is 5.82 Å². The fourth-order valence-corrected chi connectivity index (χ4v) is 3.42. The fraction of sp³-hybridized carbons (Fsp3) is 0.714. The van der Waals surface area contributed by atoms with Crippen LogP contribution in [0.2, 0.25) is 0 Å². The molecule has 1 spiro atoms. The minimum Gasteiger partial charge on any atom is -0.375 e. The molecule has 1 N–H and O–H groups in total. The molecule has 8 heteroatoms. The van der Waals surface area contributed by atoms with Crippen LogP contribution in [-0.2, 0) is 22.7 Å². The predicted octanol–water partition coefficient (Wildman–Crippen LogP) is 1.22. The number of hydrogen-bond acceptors (Lipinski definition) is 6. The number of nitrogens with zero attached hydrogens (tertiary/aromatic N) is 3. The van der Waals surface area contributed by atoms with Crippen LogP contribution >= 0.6 is 0 Å². The topological polar surface area (TPSA) is 97.6 Å². The number of ether oxygens (including phenoxy) is 1. The monoisotopic (exact) mass is 308 g/mol. The number of urea groups is 1. The fourth-order valence-electron chi connectivity index (χ4n) is 3.42. The van der Waals surface area contributed by atoms with E-state index in [0.717, 1.165) is 12.8 Å². The van der Waals surface area contributed by atoms with E-state index in [9.17, 15) is 9.59 Å². The molecule has 1 atom stereocenters. The van der Waals surface area contributed by atoms with E-state index in [0.29, 0.717) is 18.1 Å². The number of hydrogen-bond donors (Lipinski definition) is 1. The van der Waals surface area contributed by atoms with Crippen molar-refractivity contribution < 1.29 is 18.8 Å². The van der Waals surface area contributed by atoms with Gasteiger partial charge in [-0.2, -0.15) is 4.98 Å². The first-order chi connectivity index (χ1) is 10.4. The Hall–Kier alpha value is -1.96. The molecule has 2 fully saturated rings. The van der Waals surface area contributed by atoms with E-state index >= 15 is 0 Å². The highest BCUT2D eigenvalue weighted by Gasteiger charge is 2.61. The second kappa shape index (κ2) is 5.05. The Balaban J connectivity index is 1.80. The number of amides is 3. The molecule has 1 aliphatic carbocycles. The summed E-state index contributed by atoms with van der Waals surface area (Å²) in [4.78, 5) is 30.4. The van der Waals surface area contributed by atoms with E-state index in [-0.39, 0.29) is 24.5 Å². The van der Waals surface area contributed by atoms with E-state index < -0.39 is 11.6 Å². The molecule has 1 unspecified atom stereocenters. The molecule has 0 aromatic carbocycles. The number of aromatic nitrogens is 2. The first kappa shape index (κ1) is 15.0. The molecule has 1 aliphatic heterocycles. The molecule has 2 heterocycles. The zero-order valence-electron chi connectivity index (χ0n) is 13.0. The van der Waals surface area contributed by atoms with Crippen molar-refractivity contribution in [3.8, 4) is 0 Å². The molecule has 1 aromatic rings. The summed E-state index contributed by atoms with van der Waals surface area (Å²) in [6, 6.07) is -0.391. The molecular weight excluding hydrogens is 288 g/mol. The lowest BCUT2D eigenvalue weighted by Gasteiger charge is -2.35. The summed E-state index contributed by atoms with van der Waals surface area (Å²) in [6.07, 6.45) is 2.50. The van der Waals surface area contributed by atoms with Gasteiger partial charge in [-0.1, -0.05) is 19.0 Å². The lowest BCUT2D eigenvalue weighted by atomic mass is 9.75. The summed E-state index contributed by atoms with van der Waals surface area (Å²) in [5.74, 6) is 0.418. The molecule has 1 aromatic heterocycles. The minimum absolute atomic E-state index is 0.00963. The predicted molar refractivity (Wildman–Crippen MR) is 74.5 cm³/mol. The summed E-state index contributed by atoms with van der Waals surface area (Å²) >= 11 is 0. The molecule has 0 bridgehead atoms. The van der Waals surface area contributed by atoms with Gasteiger partial charge in [0, 0.05) is 7.11 Å². The first-order valence-corrected chi connectivity index (χ1v) is 7.34. The van der Waals surface area contributed by atoms with Crippen molar-refractivity contribution in [3.05, 3.63) is 11.7 Å². The van der Waals surface area contributed by atoms with E-state index in [1.165, 1.54) is 12.0 Å². The Morgan fingerprint density at radius 1 is 1.36 bits per heavy atom. The molecule has 8 nitrogen and oxygen atoms in total. The highest BCUT2D eigenvalue weighted by atomic mass is 16.5. The van der Waals surface area contributed by atoms with Gasteiger partial charge in [0.1, 0.15) is 12.1 Å². The van der Waals surface area contributed by atoms with Crippen LogP contribution < -0.4 is 5.32 Å². The summed E-state index contributed by atoms with van der Waals surface area (Å²) in [5.41, 5.74) is -1.06. The van der Waals surface area contributed by atoms with Crippen molar-refractivity contribution in [2.45, 2.75) is 51.8 Å². The number of carbonyl (C=O) groups excluding carboxylic acids is 2. The third kappa shape index (κ3) is 2.09. The van der Waals surface area contributed by atoms with Gasteiger partial charge in [0.25, 0.3) is 11.8 Å². The molecule has 0 radical (unpaired) electrons. The van der Waals surface area contributed by atoms with Crippen molar-refractivity contribution in [3.63, 3.8) is 0 Å². The molecule has 3 rings (SSSR count). The summed E-state index contributed by atoms with van der Waals surface area (Å²) in [5, 5.41) is 6.68. The van der Waals surface area contributed by atoms with Gasteiger partial charge < -0.3 is 14.6 Å². The number of carbonyl (C=O) groups is 2. The van der Waals surface area contributed by atoms with Crippen LogP contribution in [0.5, 0.6) is 0 Å². The molecule has 1 saturated carbocycles. The van der Waals surface area contributed by atoms with Gasteiger partial charge in [0.2, 0.25) is 0 Å². The average Bonchev–Trinajstić information content (AvgIpc) is 3.07. The summed E-state index contributed by atoms with van der Waals surface area (Å²) in [7, 11) is 1.52. The number of nitrogens with one attached hydrogen (secondary N) is 1. The van der Waals surface area contributed by atoms with Crippen molar-refractivity contribution in [2.75, 3.05) is 7.11 Å². The lowest BCUT2D eigenvalue weighted by molar-refractivity contribution is -0.134. The molecule has 3 amide bonds. The quantitative estimate of drug-likeness (QED) is 0.840. The van der Waals surface area contributed by atoms with Gasteiger partial charge in [-0.05, 0) is 24.7 Å². The SMILES string of the molecule is COCc1nc(CN2C(=O)NC3(CCCC3(C)C)C2=O)no1. The second-order valence-electron chi connectivity index (χ2n) is 6.50. The largest absolute Gasteiger partial charge is 0.375 e. The Morgan fingerprint density at radius 2 is 2.14 bits per heavy atom. The standard InChI is InChI=1S/C14H20N4O4/c1-13(2)5-4-6-14(13)11(19)18(12(20)16-14)7-9-15-10(8-21-3)22-17-9/h4-8H2,1-3H3,(H,16,20). The average molecular weight is 308 g/mol. The van der Waals surface area contributed by atoms with Crippen molar-refractivity contribution in [1.82, 2.24) is 20.4 Å². The summed E-state index contributed by atoms with van der Waals surface area (Å²) in [6.45, 7) is 4.25. The second-order valence-corrected chi connectivity index (χ2v) is 6.50. The first-order valence-electron chi connectivity index (χ1n) is 7.34.